The van der Waals surface area contributed by atoms with Crippen LogP contribution < -0.4 is 16.0 Å². The van der Waals surface area contributed by atoms with E-state index in [1.807, 2.05) is 24.3 Å². The molecule has 9 heteroatoms. The molecule has 1 unspecified atom stereocenters. The minimum Gasteiger partial charge on any atom is -0.449 e. The van der Waals surface area contributed by atoms with E-state index >= 15 is 0 Å². The Morgan fingerprint density at radius 1 is 1.13 bits per heavy atom. The molecule has 210 valence electrons. The van der Waals surface area contributed by atoms with Gasteiger partial charge in [0.25, 0.3) is 0 Å². The van der Waals surface area contributed by atoms with Crippen molar-refractivity contribution < 1.29 is 19.1 Å². The lowest BCUT2D eigenvalue weighted by molar-refractivity contribution is -0.126. The molecule has 1 heterocycles. The van der Waals surface area contributed by atoms with Crippen LogP contribution in [0, 0.1) is 28.6 Å². The minimum atomic E-state index is -0.791. The molecule has 1 aliphatic heterocycles. The Bertz CT molecular complexity index is 1120. The topological polar surface area (TPSA) is 120 Å². The Hall–Kier alpha value is -2.79. The van der Waals surface area contributed by atoms with Crippen LogP contribution >= 0.6 is 11.6 Å². The number of rotatable bonds is 10. The predicted molar refractivity (Wildman–Crippen MR) is 147 cm³/mol. The fourth-order valence-electron chi connectivity index (χ4n) is 6.40. The maximum atomic E-state index is 13.5. The van der Waals surface area contributed by atoms with Crippen LogP contribution in [0.2, 0.25) is 5.02 Å². The third-order valence-corrected chi connectivity index (χ3v) is 9.34. The fraction of sp³-hybridized carbons (Fsp3) is 0.667. The van der Waals surface area contributed by atoms with E-state index in [-0.39, 0.29) is 47.6 Å². The Balaban J connectivity index is 1.18. The molecule has 0 bridgehead atoms. The molecule has 3 saturated carbocycles. The van der Waals surface area contributed by atoms with E-state index in [0.717, 1.165) is 76.2 Å². The Morgan fingerprint density at radius 3 is 2.49 bits per heavy atom. The van der Waals surface area contributed by atoms with E-state index in [4.69, 9.17) is 16.3 Å². The molecule has 3 amide bonds. The van der Waals surface area contributed by atoms with Gasteiger partial charge in [-0.05, 0) is 81.4 Å². The van der Waals surface area contributed by atoms with Gasteiger partial charge in [-0.1, -0.05) is 49.4 Å². The minimum absolute atomic E-state index is 0.0229. The molecule has 0 aromatic heterocycles. The largest absolute Gasteiger partial charge is 0.449 e. The van der Waals surface area contributed by atoms with Gasteiger partial charge in [0.1, 0.15) is 12.1 Å². The van der Waals surface area contributed by atoms with Gasteiger partial charge in [-0.2, -0.15) is 5.26 Å². The van der Waals surface area contributed by atoms with Crippen molar-refractivity contribution in [2.45, 2.75) is 101 Å². The molecule has 1 aromatic rings. The molecule has 1 spiro atoms. The van der Waals surface area contributed by atoms with Gasteiger partial charge in [-0.25, -0.2) is 4.79 Å². The van der Waals surface area contributed by atoms with Gasteiger partial charge < -0.3 is 20.7 Å². The molecule has 3 aliphatic carbocycles. The van der Waals surface area contributed by atoms with Crippen LogP contribution in [-0.4, -0.2) is 42.1 Å². The van der Waals surface area contributed by atoms with Crippen LogP contribution in [0.3, 0.4) is 0 Å². The first-order valence-corrected chi connectivity index (χ1v) is 14.9. The van der Waals surface area contributed by atoms with Gasteiger partial charge in [0.15, 0.2) is 0 Å². The fourth-order valence-corrected chi connectivity index (χ4v) is 6.61. The summed E-state index contributed by atoms with van der Waals surface area (Å²) in [5.74, 6) is -0.702. The predicted octanol–water partition coefficient (Wildman–Crippen LogP) is 4.80. The van der Waals surface area contributed by atoms with E-state index in [2.05, 4.69) is 22.0 Å². The molecule has 1 saturated heterocycles. The van der Waals surface area contributed by atoms with Crippen molar-refractivity contribution in [3.05, 3.63) is 34.9 Å². The third-order valence-electron chi connectivity index (χ3n) is 9.10. The van der Waals surface area contributed by atoms with Crippen molar-refractivity contribution >= 4 is 29.5 Å². The van der Waals surface area contributed by atoms with Crippen molar-refractivity contribution in [2.75, 3.05) is 6.61 Å². The molecule has 8 nitrogen and oxygen atoms in total. The summed E-state index contributed by atoms with van der Waals surface area (Å²) in [6.45, 7) is 0.281. The molecular formula is C30H39ClN4O4. The number of nitriles is 1. The summed E-state index contributed by atoms with van der Waals surface area (Å²) >= 11 is 6.14. The van der Waals surface area contributed by atoms with Crippen molar-refractivity contribution in [3.8, 4) is 6.07 Å². The average Bonchev–Trinajstić information content (AvgIpc) is 3.82. The van der Waals surface area contributed by atoms with Crippen LogP contribution in [0.4, 0.5) is 4.79 Å². The zero-order valence-electron chi connectivity index (χ0n) is 22.5. The molecule has 4 fully saturated rings. The van der Waals surface area contributed by atoms with E-state index in [1.165, 1.54) is 0 Å². The molecule has 4 aliphatic rings. The number of amides is 3. The third kappa shape index (κ3) is 7.25. The van der Waals surface area contributed by atoms with Gasteiger partial charge in [0.05, 0.1) is 12.7 Å². The van der Waals surface area contributed by atoms with Gasteiger partial charge in [-0.3, -0.25) is 9.59 Å². The maximum absolute atomic E-state index is 13.5. The first-order valence-electron chi connectivity index (χ1n) is 14.5. The maximum Gasteiger partial charge on any atom is 0.407 e. The molecule has 3 N–H and O–H groups in total. The molecule has 39 heavy (non-hydrogen) atoms. The van der Waals surface area contributed by atoms with E-state index < -0.39 is 18.2 Å². The summed E-state index contributed by atoms with van der Waals surface area (Å²) in [6.07, 6.45) is 11.0. The van der Waals surface area contributed by atoms with Crippen molar-refractivity contribution in [2.24, 2.45) is 17.3 Å². The van der Waals surface area contributed by atoms with Crippen LogP contribution in [0.15, 0.2) is 24.3 Å². The van der Waals surface area contributed by atoms with Crippen LogP contribution in [0.1, 0.15) is 82.6 Å². The standard InChI is InChI=1S/C30H39ClN4O4/c31-23-9-5-6-20(14-23)16-29(10-11-29)19-39-28(38)34-25(21-7-3-1-2-4-8-21)27(37)33-24(18-32)15-22-17-30(12-13-30)35-26(22)36/h5-6,9,14,21-22,24-25H,1-4,7-8,10-13,15-17,19H2,(H,33,37)(H,34,38)(H,35,36)/t22?,24-,25-/m0/s1. The van der Waals surface area contributed by atoms with Crippen molar-refractivity contribution in [1.29, 1.82) is 5.26 Å². The van der Waals surface area contributed by atoms with Gasteiger partial charge >= 0.3 is 6.09 Å². The van der Waals surface area contributed by atoms with Gasteiger partial charge in [-0.15, -0.1) is 0 Å². The highest BCUT2D eigenvalue weighted by atomic mass is 35.5. The quantitative estimate of drug-likeness (QED) is 0.359. The number of hydrogen-bond acceptors (Lipinski definition) is 5. The number of nitrogens with zero attached hydrogens (tertiary/aromatic N) is 1. The molecule has 3 atom stereocenters. The molecule has 1 aromatic carbocycles. The highest BCUT2D eigenvalue weighted by Gasteiger charge is 2.52. The summed E-state index contributed by atoms with van der Waals surface area (Å²) in [5.41, 5.74) is 0.950. The number of carbonyl (C=O) groups is 3. The van der Waals surface area contributed by atoms with E-state index in [9.17, 15) is 19.6 Å². The normalized spacial score (nSPS) is 24.5. The second-order valence-electron chi connectivity index (χ2n) is 12.4. The van der Waals surface area contributed by atoms with Gasteiger partial charge in [0, 0.05) is 21.9 Å². The van der Waals surface area contributed by atoms with Crippen LogP contribution in [-0.2, 0) is 20.7 Å². The molecular weight excluding hydrogens is 516 g/mol. The van der Waals surface area contributed by atoms with E-state index in [0.29, 0.717) is 11.4 Å². The first-order chi connectivity index (χ1) is 18.8. The SMILES string of the molecule is N#C[C@H](CC1CC2(CC2)NC1=O)NC(=O)[C@@H](NC(=O)OCC1(Cc2cccc(Cl)c2)CC1)C1CCCCCC1. The average molecular weight is 555 g/mol. The highest BCUT2D eigenvalue weighted by molar-refractivity contribution is 6.30. The number of ether oxygens (including phenoxy) is 1. The summed E-state index contributed by atoms with van der Waals surface area (Å²) in [4.78, 5) is 38.9. The van der Waals surface area contributed by atoms with Crippen molar-refractivity contribution in [3.63, 3.8) is 0 Å². The zero-order chi connectivity index (χ0) is 27.5. The Labute approximate surface area is 235 Å². The summed E-state index contributed by atoms with van der Waals surface area (Å²) in [5, 5.41) is 19.2. The van der Waals surface area contributed by atoms with Crippen LogP contribution in [0.5, 0.6) is 0 Å². The number of alkyl carbamates (subject to hydrolysis) is 1. The highest BCUT2D eigenvalue weighted by Crippen LogP contribution is 2.49. The Kier molecular flexibility index (Phi) is 8.37. The lowest BCUT2D eigenvalue weighted by Crippen LogP contribution is -2.53. The smallest absolute Gasteiger partial charge is 0.407 e. The second kappa shape index (κ2) is 11.8. The zero-order valence-corrected chi connectivity index (χ0v) is 23.2. The Morgan fingerprint density at radius 2 is 1.87 bits per heavy atom. The molecule has 0 radical (unpaired) electrons. The molecule has 5 rings (SSSR count). The number of benzene rings is 1. The van der Waals surface area contributed by atoms with Crippen LogP contribution in [0.25, 0.3) is 0 Å². The summed E-state index contributed by atoms with van der Waals surface area (Å²) in [7, 11) is 0. The van der Waals surface area contributed by atoms with Gasteiger partial charge in [0.2, 0.25) is 11.8 Å². The van der Waals surface area contributed by atoms with E-state index in [1.54, 1.807) is 0 Å². The first kappa shape index (κ1) is 27.8. The number of hydrogen-bond donors (Lipinski definition) is 3. The lowest BCUT2D eigenvalue weighted by atomic mass is 9.90. The summed E-state index contributed by atoms with van der Waals surface area (Å²) < 4.78 is 5.68. The number of nitrogens with one attached hydrogen (secondary N) is 3. The lowest BCUT2D eigenvalue weighted by Gasteiger charge is -2.27. The number of carbonyl (C=O) groups excluding carboxylic acids is 3. The summed E-state index contributed by atoms with van der Waals surface area (Å²) in [6, 6.07) is 8.34. The number of halogens is 1. The monoisotopic (exact) mass is 554 g/mol. The second-order valence-corrected chi connectivity index (χ2v) is 12.8. The van der Waals surface area contributed by atoms with Crippen molar-refractivity contribution in [1.82, 2.24) is 16.0 Å².